The molecule has 1 aliphatic carbocycles. The van der Waals surface area contributed by atoms with Crippen LogP contribution in [0.2, 0.25) is 0 Å². The number of aromatic nitrogens is 3. The molecule has 1 saturated carbocycles. The zero-order valence-electron chi connectivity index (χ0n) is 21.6. The Kier molecular flexibility index (Phi) is 5.39. The highest BCUT2D eigenvalue weighted by molar-refractivity contribution is 5.97. The Morgan fingerprint density at radius 3 is 2.71 bits per heavy atom. The zero-order chi connectivity index (χ0) is 26.0. The van der Waals surface area contributed by atoms with Gasteiger partial charge >= 0.3 is 0 Å². The summed E-state index contributed by atoms with van der Waals surface area (Å²) in [6.45, 7) is -0.152. The van der Waals surface area contributed by atoms with E-state index < -0.39 is 13.1 Å². The molecule has 7 nitrogen and oxygen atoms in total. The van der Waals surface area contributed by atoms with E-state index in [-0.39, 0.29) is 29.0 Å². The number of carbonyl (C=O) groups is 1. The molecule has 3 heterocycles. The van der Waals surface area contributed by atoms with Gasteiger partial charge in [-0.3, -0.25) is 9.69 Å². The van der Waals surface area contributed by atoms with Gasteiger partial charge in [0.2, 0.25) is 5.91 Å². The van der Waals surface area contributed by atoms with Crippen LogP contribution in [0, 0.1) is 17.8 Å². The molecule has 2 fully saturated rings. The molecule has 5 rings (SSSR count). The third kappa shape index (κ3) is 5.15. The molecular formula is C26H27FN6O. The first-order valence-corrected chi connectivity index (χ1v) is 11.5. The van der Waals surface area contributed by atoms with E-state index >= 15 is 0 Å². The number of fused-ring (bicyclic) bond motifs is 1. The molecule has 2 aromatic heterocycles. The van der Waals surface area contributed by atoms with Crippen LogP contribution in [0.5, 0.6) is 0 Å². The van der Waals surface area contributed by atoms with Crippen LogP contribution in [0.15, 0.2) is 36.5 Å². The lowest BCUT2D eigenvalue weighted by molar-refractivity contribution is -0.117. The Balaban J connectivity index is 1.39. The molecule has 1 aliphatic heterocycles. The molecule has 2 N–H and O–H groups in total. The van der Waals surface area contributed by atoms with Crippen molar-refractivity contribution >= 4 is 28.4 Å². The predicted molar refractivity (Wildman–Crippen MR) is 130 cm³/mol. The molecule has 0 unspecified atom stereocenters. The highest BCUT2D eigenvalue weighted by atomic mass is 19.1. The highest BCUT2D eigenvalue weighted by Gasteiger charge is 2.30. The second-order valence-corrected chi connectivity index (χ2v) is 8.80. The second kappa shape index (κ2) is 9.74. The van der Waals surface area contributed by atoms with E-state index in [1.165, 1.54) is 6.20 Å². The van der Waals surface area contributed by atoms with Crippen LogP contribution >= 0.6 is 0 Å². The van der Waals surface area contributed by atoms with E-state index in [9.17, 15) is 9.18 Å². The van der Waals surface area contributed by atoms with Crippen molar-refractivity contribution in [3.63, 3.8) is 0 Å². The summed E-state index contributed by atoms with van der Waals surface area (Å²) < 4.78 is 35.9. The number of hydrogen-bond acceptors (Lipinski definition) is 6. The van der Waals surface area contributed by atoms with Gasteiger partial charge in [0.15, 0.2) is 11.6 Å². The summed E-state index contributed by atoms with van der Waals surface area (Å²) in [5, 5.41) is 13.9. The number of piperidine rings is 1. The molecule has 34 heavy (non-hydrogen) atoms. The van der Waals surface area contributed by atoms with Crippen molar-refractivity contribution in [2.24, 2.45) is 5.92 Å². The number of alkyl halides is 1. The number of carbonyl (C=O) groups excluding carboxylic acids is 1. The predicted octanol–water partition coefficient (Wildman–Crippen LogP) is 3.75. The van der Waals surface area contributed by atoms with E-state index in [0.29, 0.717) is 23.8 Å². The molecule has 0 bridgehead atoms. The lowest BCUT2D eigenvalue weighted by Gasteiger charge is -2.28. The van der Waals surface area contributed by atoms with Gasteiger partial charge in [-0.1, -0.05) is 24.0 Å². The summed E-state index contributed by atoms with van der Waals surface area (Å²) in [5.74, 6) is 6.46. The van der Waals surface area contributed by atoms with Crippen LogP contribution in [0.3, 0.4) is 0 Å². The van der Waals surface area contributed by atoms with Gasteiger partial charge in [-0.15, -0.1) is 10.2 Å². The molecule has 174 valence electrons. The zero-order valence-corrected chi connectivity index (χ0v) is 18.6. The number of nitrogens with zero attached hydrogens (tertiary/aromatic N) is 4. The summed E-state index contributed by atoms with van der Waals surface area (Å²) in [5.41, 5.74) is 2.72. The highest BCUT2D eigenvalue weighted by Crippen LogP contribution is 2.30. The standard InChI is InChI=1S/C26H27FN6O/c1-28-25-24-22(14-23(31-32-24)30-26(34)19-8-9-19)20(15-29-25)7-6-17-2-4-18(5-3-17)16-33-12-10-21(27)11-13-33/h2-5,14-15,19,21H,8-13,16H2,1H3,(H,28,29)(H,30,31,34)/i1D3. The average Bonchev–Trinajstić information content (AvgIpc) is 3.71. The van der Waals surface area contributed by atoms with Gasteiger partial charge in [-0.05, 0) is 49.4 Å². The number of pyridine rings is 1. The first kappa shape index (κ1) is 18.8. The van der Waals surface area contributed by atoms with Gasteiger partial charge in [0.05, 0.1) is 5.56 Å². The third-order valence-corrected chi connectivity index (χ3v) is 6.17. The lowest BCUT2D eigenvalue weighted by Crippen LogP contribution is -2.33. The maximum Gasteiger partial charge on any atom is 0.228 e. The molecule has 8 heteroatoms. The normalized spacial score (nSPS) is 18.3. The van der Waals surface area contributed by atoms with Gasteiger partial charge in [0, 0.05) is 53.8 Å². The second-order valence-electron chi connectivity index (χ2n) is 8.80. The summed E-state index contributed by atoms with van der Waals surface area (Å²) >= 11 is 0. The van der Waals surface area contributed by atoms with Gasteiger partial charge in [0.25, 0.3) is 0 Å². The van der Waals surface area contributed by atoms with Crippen molar-refractivity contribution in [1.29, 1.82) is 0 Å². The van der Waals surface area contributed by atoms with E-state index in [4.69, 9.17) is 4.11 Å². The van der Waals surface area contributed by atoms with E-state index in [1.54, 1.807) is 6.07 Å². The van der Waals surface area contributed by atoms with Crippen LogP contribution in [0.25, 0.3) is 10.9 Å². The quantitative estimate of drug-likeness (QED) is 0.563. The minimum absolute atomic E-state index is 0.000447. The van der Waals surface area contributed by atoms with Gasteiger partial charge in [-0.2, -0.15) is 0 Å². The van der Waals surface area contributed by atoms with Crippen LogP contribution < -0.4 is 10.6 Å². The van der Waals surface area contributed by atoms with E-state index in [1.807, 2.05) is 24.3 Å². The van der Waals surface area contributed by atoms with Crippen molar-refractivity contribution in [3.8, 4) is 11.8 Å². The summed E-state index contributed by atoms with van der Waals surface area (Å²) in [6.07, 6.45) is 3.68. The number of amides is 1. The van der Waals surface area contributed by atoms with Gasteiger partial charge in [0.1, 0.15) is 11.7 Å². The van der Waals surface area contributed by atoms with E-state index in [2.05, 4.69) is 42.6 Å². The fourth-order valence-corrected chi connectivity index (χ4v) is 4.01. The molecule has 1 saturated heterocycles. The number of halogens is 1. The Labute approximate surface area is 202 Å². The maximum absolute atomic E-state index is 13.4. The number of anilines is 2. The van der Waals surface area contributed by atoms with Crippen LogP contribution in [0.1, 0.15) is 46.5 Å². The largest absolute Gasteiger partial charge is 0.371 e. The number of hydrogen-bond donors (Lipinski definition) is 2. The number of benzene rings is 1. The number of rotatable bonds is 5. The first-order valence-electron chi connectivity index (χ1n) is 13.0. The minimum atomic E-state index is -2.46. The Hall–Kier alpha value is -3.57. The van der Waals surface area contributed by atoms with Crippen molar-refractivity contribution in [3.05, 3.63) is 53.2 Å². The monoisotopic (exact) mass is 461 g/mol. The van der Waals surface area contributed by atoms with Crippen LogP contribution in [-0.4, -0.2) is 52.2 Å². The molecule has 1 aromatic carbocycles. The lowest BCUT2D eigenvalue weighted by atomic mass is 10.1. The number of nitrogens with one attached hydrogen (secondary N) is 2. The Bertz CT molecular complexity index is 1360. The fourth-order valence-electron chi connectivity index (χ4n) is 4.01. The topological polar surface area (TPSA) is 83.0 Å². The SMILES string of the molecule is [2H]C([2H])([2H])Nc1ncc(C#Cc2ccc(CN3CCC(F)CC3)cc2)c2cc(NC(=O)C3CC3)nnc12. The van der Waals surface area contributed by atoms with Gasteiger partial charge < -0.3 is 10.6 Å². The molecule has 3 aromatic rings. The molecule has 1 amide bonds. The minimum Gasteiger partial charge on any atom is -0.371 e. The molecule has 0 atom stereocenters. The number of likely N-dealkylation sites (tertiary alicyclic amines) is 1. The first-order chi connectivity index (χ1) is 17.7. The van der Waals surface area contributed by atoms with Crippen molar-refractivity contribution in [2.75, 3.05) is 30.7 Å². The van der Waals surface area contributed by atoms with Crippen LogP contribution in [-0.2, 0) is 11.3 Å². The van der Waals surface area contributed by atoms with Crippen molar-refractivity contribution < 1.29 is 13.3 Å². The molecule has 0 spiro atoms. The van der Waals surface area contributed by atoms with Gasteiger partial charge in [-0.25, -0.2) is 9.37 Å². The molecular weight excluding hydrogens is 431 g/mol. The Morgan fingerprint density at radius 2 is 1.97 bits per heavy atom. The summed E-state index contributed by atoms with van der Waals surface area (Å²) in [4.78, 5) is 18.7. The van der Waals surface area contributed by atoms with E-state index in [0.717, 1.165) is 43.6 Å². The maximum atomic E-state index is 13.4. The van der Waals surface area contributed by atoms with Crippen molar-refractivity contribution in [1.82, 2.24) is 20.1 Å². The summed E-state index contributed by atoms with van der Waals surface area (Å²) in [6, 6.07) is 9.55. The van der Waals surface area contributed by atoms with Crippen molar-refractivity contribution in [2.45, 2.75) is 38.4 Å². The third-order valence-electron chi connectivity index (χ3n) is 6.17. The molecule has 0 radical (unpaired) electrons. The summed E-state index contributed by atoms with van der Waals surface area (Å²) in [7, 11) is 0. The fraction of sp³-hybridized carbons (Fsp3) is 0.385. The average molecular weight is 462 g/mol. The van der Waals surface area contributed by atoms with Crippen LogP contribution in [0.4, 0.5) is 16.0 Å². The molecule has 2 aliphatic rings. The smallest absolute Gasteiger partial charge is 0.228 e. The Morgan fingerprint density at radius 1 is 1.18 bits per heavy atom.